The second-order valence-corrected chi connectivity index (χ2v) is 8.45. The van der Waals surface area contributed by atoms with Crippen LogP contribution >= 0.6 is 0 Å². The van der Waals surface area contributed by atoms with Crippen molar-refractivity contribution in [1.82, 2.24) is 20.3 Å². The number of aromatic nitrogens is 3. The van der Waals surface area contributed by atoms with E-state index in [0.29, 0.717) is 30.4 Å². The Hall–Kier alpha value is -4.09. The van der Waals surface area contributed by atoms with Gasteiger partial charge >= 0.3 is 6.18 Å². The zero-order valence-corrected chi connectivity index (χ0v) is 19.1. The number of amides is 1. The number of pyridine rings is 1. The standard InChI is InChI=1S/C24H22F4N6O2/c1-29-21-13-30-12-19(34-21)20(35)9-23(6-7-23)22(36)32-10-15-3-4-16(11-31-15)33-18-5-2-14(25)8-17(18)24(26,27)28/h2-5,8,11-13,33H,6-7,9-10H2,1H3,(H,29,34)(H,32,36). The summed E-state index contributed by atoms with van der Waals surface area (Å²) in [5.41, 5.74) is -1.33. The van der Waals surface area contributed by atoms with Crippen molar-refractivity contribution in [3.05, 3.63) is 71.7 Å². The topological polar surface area (TPSA) is 109 Å². The Bertz CT molecular complexity index is 1280. The van der Waals surface area contributed by atoms with E-state index in [1.54, 1.807) is 13.1 Å². The highest BCUT2D eigenvalue weighted by Crippen LogP contribution is 2.49. The number of carbonyl (C=O) groups excluding carboxylic acids is 2. The molecule has 36 heavy (non-hydrogen) atoms. The maximum atomic E-state index is 13.3. The van der Waals surface area contributed by atoms with Crippen molar-refractivity contribution in [3.8, 4) is 0 Å². The Balaban J connectivity index is 1.35. The molecule has 1 aliphatic carbocycles. The lowest BCUT2D eigenvalue weighted by molar-refractivity contribution is -0.137. The SMILES string of the molecule is CNc1cncc(C(=O)CC2(C(=O)NCc3ccc(Nc4ccc(F)cc4C(F)(F)F)cn3)CC2)n1. The third-order valence-corrected chi connectivity index (χ3v) is 5.83. The van der Waals surface area contributed by atoms with Crippen molar-refractivity contribution in [3.63, 3.8) is 0 Å². The lowest BCUT2D eigenvalue weighted by atomic mass is 9.97. The fourth-order valence-electron chi connectivity index (χ4n) is 3.63. The molecule has 0 aliphatic heterocycles. The summed E-state index contributed by atoms with van der Waals surface area (Å²) >= 11 is 0. The largest absolute Gasteiger partial charge is 0.418 e. The van der Waals surface area contributed by atoms with Crippen molar-refractivity contribution in [2.75, 3.05) is 17.7 Å². The smallest absolute Gasteiger partial charge is 0.372 e. The van der Waals surface area contributed by atoms with Crippen LogP contribution in [0.4, 0.5) is 34.8 Å². The third-order valence-electron chi connectivity index (χ3n) is 5.83. The van der Waals surface area contributed by atoms with Crippen molar-refractivity contribution in [2.45, 2.75) is 32.0 Å². The van der Waals surface area contributed by atoms with E-state index in [4.69, 9.17) is 0 Å². The lowest BCUT2D eigenvalue weighted by Gasteiger charge is -2.15. The fourth-order valence-corrected chi connectivity index (χ4v) is 3.63. The predicted molar refractivity (Wildman–Crippen MR) is 123 cm³/mol. The fraction of sp³-hybridized carbons (Fsp3) is 0.292. The molecule has 2 aromatic heterocycles. The molecule has 0 atom stereocenters. The van der Waals surface area contributed by atoms with Crippen molar-refractivity contribution < 1.29 is 27.2 Å². The molecule has 3 aromatic rings. The van der Waals surface area contributed by atoms with Gasteiger partial charge in [-0.1, -0.05) is 0 Å². The highest BCUT2D eigenvalue weighted by atomic mass is 19.4. The van der Waals surface area contributed by atoms with Gasteiger partial charge in [0.15, 0.2) is 5.78 Å². The number of anilines is 3. The van der Waals surface area contributed by atoms with Crippen LogP contribution < -0.4 is 16.0 Å². The van der Waals surface area contributed by atoms with Crippen molar-refractivity contribution in [2.24, 2.45) is 5.41 Å². The van der Waals surface area contributed by atoms with Crippen LogP contribution in [-0.4, -0.2) is 33.7 Å². The highest BCUT2D eigenvalue weighted by Gasteiger charge is 2.51. The number of rotatable bonds is 9. The molecule has 8 nitrogen and oxygen atoms in total. The summed E-state index contributed by atoms with van der Waals surface area (Å²) in [6.07, 6.45) is 0.577. The van der Waals surface area contributed by atoms with Crippen LogP contribution in [0, 0.1) is 11.2 Å². The molecule has 0 unspecified atom stereocenters. The number of nitrogens with one attached hydrogen (secondary N) is 3. The van der Waals surface area contributed by atoms with E-state index in [0.717, 1.165) is 12.1 Å². The molecule has 2 heterocycles. The zero-order valence-electron chi connectivity index (χ0n) is 19.1. The van der Waals surface area contributed by atoms with Crippen LogP contribution in [0.3, 0.4) is 0 Å². The first-order valence-electron chi connectivity index (χ1n) is 11.0. The number of alkyl halides is 3. The molecule has 4 rings (SSSR count). The molecular formula is C24H22F4N6O2. The van der Waals surface area contributed by atoms with Gasteiger partial charge in [-0.3, -0.25) is 19.6 Å². The van der Waals surface area contributed by atoms with Crippen LogP contribution in [0.2, 0.25) is 0 Å². The molecule has 1 amide bonds. The molecule has 1 aliphatic rings. The first-order valence-corrected chi connectivity index (χ1v) is 11.0. The molecule has 0 saturated heterocycles. The van der Waals surface area contributed by atoms with E-state index in [2.05, 4.69) is 30.9 Å². The second-order valence-electron chi connectivity index (χ2n) is 8.45. The predicted octanol–water partition coefficient (Wildman–Crippen LogP) is 4.48. The van der Waals surface area contributed by atoms with Crippen molar-refractivity contribution in [1.29, 1.82) is 0 Å². The van der Waals surface area contributed by atoms with Gasteiger partial charge in [-0.2, -0.15) is 13.2 Å². The summed E-state index contributed by atoms with van der Waals surface area (Å²) in [6, 6.07) is 5.40. The van der Waals surface area contributed by atoms with Gasteiger partial charge in [-0.15, -0.1) is 0 Å². The van der Waals surface area contributed by atoms with E-state index >= 15 is 0 Å². The number of ketones is 1. The van der Waals surface area contributed by atoms with E-state index in [1.165, 1.54) is 24.7 Å². The molecular weight excluding hydrogens is 480 g/mol. The van der Waals surface area contributed by atoms with Gasteiger partial charge < -0.3 is 16.0 Å². The highest BCUT2D eigenvalue weighted by molar-refractivity contribution is 5.99. The summed E-state index contributed by atoms with van der Waals surface area (Å²) in [6.45, 7) is 0.0778. The monoisotopic (exact) mass is 502 g/mol. The molecule has 0 bridgehead atoms. The Kier molecular flexibility index (Phi) is 6.86. The second kappa shape index (κ2) is 9.88. The van der Waals surface area contributed by atoms with Gasteiger partial charge in [0.25, 0.3) is 0 Å². The first-order chi connectivity index (χ1) is 17.1. The number of halogens is 4. The number of hydrogen-bond donors (Lipinski definition) is 3. The van der Waals surface area contributed by atoms with E-state index in [-0.39, 0.29) is 41.7 Å². The molecule has 0 spiro atoms. The summed E-state index contributed by atoms with van der Waals surface area (Å²) in [5, 5.41) is 8.17. The molecule has 12 heteroatoms. The quantitative estimate of drug-likeness (QED) is 0.292. The number of hydrogen-bond acceptors (Lipinski definition) is 7. The maximum absolute atomic E-state index is 13.3. The minimum Gasteiger partial charge on any atom is -0.372 e. The van der Waals surface area contributed by atoms with Gasteiger partial charge in [-0.25, -0.2) is 9.37 Å². The Morgan fingerprint density at radius 1 is 1.08 bits per heavy atom. The van der Waals surface area contributed by atoms with Crippen LogP contribution in [-0.2, 0) is 17.5 Å². The van der Waals surface area contributed by atoms with E-state index < -0.39 is 23.0 Å². The van der Waals surface area contributed by atoms with Crippen LogP contribution in [0.5, 0.6) is 0 Å². The summed E-state index contributed by atoms with van der Waals surface area (Å²) in [4.78, 5) is 37.7. The summed E-state index contributed by atoms with van der Waals surface area (Å²) in [5.74, 6) is -1.10. The molecule has 1 fully saturated rings. The minimum absolute atomic E-state index is 0.0101. The van der Waals surface area contributed by atoms with Gasteiger partial charge in [0.1, 0.15) is 17.3 Å². The summed E-state index contributed by atoms with van der Waals surface area (Å²) < 4.78 is 52.9. The van der Waals surface area contributed by atoms with Crippen molar-refractivity contribution >= 4 is 28.9 Å². The Morgan fingerprint density at radius 2 is 1.86 bits per heavy atom. The molecule has 188 valence electrons. The average molecular weight is 502 g/mol. The minimum atomic E-state index is -4.73. The summed E-state index contributed by atoms with van der Waals surface area (Å²) in [7, 11) is 1.66. The molecule has 1 saturated carbocycles. The van der Waals surface area contributed by atoms with Gasteiger partial charge in [0.2, 0.25) is 5.91 Å². The molecule has 3 N–H and O–H groups in total. The van der Waals surface area contributed by atoms with Gasteiger partial charge in [0.05, 0.1) is 53.2 Å². The van der Waals surface area contributed by atoms with Crippen LogP contribution in [0.15, 0.2) is 48.9 Å². The number of benzene rings is 1. The van der Waals surface area contributed by atoms with Crippen LogP contribution in [0.25, 0.3) is 0 Å². The Labute approximate surface area is 203 Å². The number of carbonyl (C=O) groups is 2. The van der Waals surface area contributed by atoms with E-state index in [9.17, 15) is 27.2 Å². The number of Topliss-reactive ketones (excluding diaryl/α,β-unsaturated/α-hetero) is 1. The lowest BCUT2D eigenvalue weighted by Crippen LogP contribution is -2.33. The Morgan fingerprint density at radius 3 is 2.50 bits per heavy atom. The van der Waals surface area contributed by atoms with Crippen LogP contribution in [0.1, 0.15) is 41.0 Å². The van der Waals surface area contributed by atoms with Gasteiger partial charge in [0, 0.05) is 13.5 Å². The third kappa shape index (κ3) is 5.75. The molecule has 1 aromatic carbocycles. The molecule has 0 radical (unpaired) electrons. The zero-order chi connectivity index (χ0) is 25.9. The normalized spacial score (nSPS) is 14.1. The first kappa shape index (κ1) is 25.0. The van der Waals surface area contributed by atoms with Gasteiger partial charge in [-0.05, 0) is 43.2 Å². The number of nitrogens with zero attached hydrogens (tertiary/aromatic N) is 3. The van der Waals surface area contributed by atoms with E-state index in [1.807, 2.05) is 0 Å². The average Bonchev–Trinajstić information content (AvgIpc) is 3.64. The maximum Gasteiger partial charge on any atom is 0.418 e.